The number of carbonyl (C=O) groups is 2. The van der Waals surface area contributed by atoms with E-state index in [0.717, 1.165) is 19.0 Å². The van der Waals surface area contributed by atoms with E-state index < -0.39 is 0 Å². The second-order valence-corrected chi connectivity index (χ2v) is 8.05. The van der Waals surface area contributed by atoms with E-state index in [0.29, 0.717) is 16.8 Å². The zero-order chi connectivity index (χ0) is 18.1. The molecule has 1 heterocycles. The molecule has 0 aromatic heterocycles. The Bertz CT molecular complexity index is 1020. The van der Waals surface area contributed by atoms with Crippen molar-refractivity contribution in [3.05, 3.63) is 81.4 Å². The lowest BCUT2D eigenvalue weighted by molar-refractivity contribution is 0.101. The summed E-state index contributed by atoms with van der Waals surface area (Å²) in [6.07, 6.45) is 0. The Morgan fingerprint density at radius 2 is 1.73 bits per heavy atom. The summed E-state index contributed by atoms with van der Waals surface area (Å²) in [7, 11) is 0. The molecule has 0 aliphatic carbocycles. The highest BCUT2D eigenvalue weighted by molar-refractivity contribution is 14.1. The Kier molecular flexibility index (Phi) is 4.69. The van der Waals surface area contributed by atoms with Gasteiger partial charge in [-0.1, -0.05) is 23.9 Å². The van der Waals surface area contributed by atoms with Crippen molar-refractivity contribution >= 4 is 57.5 Å². The van der Waals surface area contributed by atoms with Crippen LogP contribution in [0.4, 0.5) is 11.4 Å². The van der Waals surface area contributed by atoms with Crippen LogP contribution in [0.2, 0.25) is 0 Å². The van der Waals surface area contributed by atoms with E-state index >= 15 is 0 Å². The predicted octanol–water partition coefficient (Wildman–Crippen LogP) is 5.26. The lowest BCUT2D eigenvalue weighted by Crippen LogP contribution is -2.14. The molecule has 0 saturated carbocycles. The molecule has 4 nitrogen and oxygen atoms in total. The molecule has 2 N–H and O–H groups in total. The van der Waals surface area contributed by atoms with E-state index in [4.69, 9.17) is 0 Å². The molecule has 3 aromatic rings. The SMILES string of the molecule is O=C(Nc1ccc(I)cc1)c1ccc2c(c1)NC(=O)c1ccccc1S2. The van der Waals surface area contributed by atoms with Gasteiger partial charge in [-0.2, -0.15) is 0 Å². The first-order valence-corrected chi connectivity index (χ1v) is 9.79. The van der Waals surface area contributed by atoms with Crippen LogP contribution >= 0.6 is 34.4 Å². The second kappa shape index (κ2) is 7.13. The van der Waals surface area contributed by atoms with Crippen molar-refractivity contribution in [2.24, 2.45) is 0 Å². The molecular formula is C20H13IN2O2S. The van der Waals surface area contributed by atoms with Crippen molar-refractivity contribution in [2.45, 2.75) is 9.79 Å². The van der Waals surface area contributed by atoms with Crippen molar-refractivity contribution in [1.82, 2.24) is 0 Å². The molecule has 4 rings (SSSR count). The van der Waals surface area contributed by atoms with Gasteiger partial charge in [0.05, 0.1) is 11.3 Å². The van der Waals surface area contributed by atoms with Crippen LogP contribution in [0.3, 0.4) is 0 Å². The first-order valence-electron chi connectivity index (χ1n) is 7.89. The van der Waals surface area contributed by atoms with Gasteiger partial charge in [-0.3, -0.25) is 9.59 Å². The zero-order valence-electron chi connectivity index (χ0n) is 13.5. The predicted molar refractivity (Wildman–Crippen MR) is 112 cm³/mol. The number of carbonyl (C=O) groups excluding carboxylic acids is 2. The van der Waals surface area contributed by atoms with Crippen LogP contribution in [0.25, 0.3) is 0 Å². The van der Waals surface area contributed by atoms with Crippen molar-refractivity contribution in [1.29, 1.82) is 0 Å². The van der Waals surface area contributed by atoms with E-state index in [1.165, 1.54) is 11.8 Å². The van der Waals surface area contributed by atoms with Gasteiger partial charge in [-0.25, -0.2) is 0 Å². The highest BCUT2D eigenvalue weighted by atomic mass is 127. The van der Waals surface area contributed by atoms with Crippen LogP contribution in [0.5, 0.6) is 0 Å². The number of amides is 2. The van der Waals surface area contributed by atoms with Crippen LogP contribution in [0.15, 0.2) is 76.5 Å². The maximum atomic E-state index is 12.5. The number of halogens is 1. The molecule has 128 valence electrons. The van der Waals surface area contributed by atoms with Crippen molar-refractivity contribution in [2.75, 3.05) is 10.6 Å². The molecule has 6 heteroatoms. The molecule has 1 aliphatic heterocycles. The minimum atomic E-state index is -0.213. The smallest absolute Gasteiger partial charge is 0.256 e. The molecule has 26 heavy (non-hydrogen) atoms. The quantitative estimate of drug-likeness (QED) is 0.501. The van der Waals surface area contributed by atoms with Crippen molar-refractivity contribution in [3.8, 4) is 0 Å². The Balaban J connectivity index is 1.61. The monoisotopic (exact) mass is 472 g/mol. The van der Waals surface area contributed by atoms with Gasteiger partial charge < -0.3 is 10.6 Å². The topological polar surface area (TPSA) is 58.2 Å². The molecule has 3 aromatic carbocycles. The lowest BCUT2D eigenvalue weighted by Gasteiger charge is -2.10. The number of benzene rings is 3. The molecule has 0 fully saturated rings. The minimum Gasteiger partial charge on any atom is -0.322 e. The average Bonchev–Trinajstić information content (AvgIpc) is 2.79. The standard InChI is InChI=1S/C20H13IN2O2S/c21-13-6-8-14(9-7-13)22-19(24)12-5-10-18-16(11-12)23-20(25)15-3-1-2-4-17(15)26-18/h1-11H,(H,22,24)(H,23,25). The molecule has 0 spiro atoms. The lowest BCUT2D eigenvalue weighted by atomic mass is 10.1. The molecule has 0 bridgehead atoms. The maximum Gasteiger partial charge on any atom is 0.256 e. The van der Waals surface area contributed by atoms with Gasteiger partial charge in [-0.05, 0) is 77.2 Å². The minimum absolute atomic E-state index is 0.165. The molecule has 1 aliphatic rings. The van der Waals surface area contributed by atoms with E-state index in [1.807, 2.05) is 48.5 Å². The number of rotatable bonds is 2. The van der Waals surface area contributed by atoms with Crippen molar-refractivity contribution in [3.63, 3.8) is 0 Å². The number of fused-ring (bicyclic) bond motifs is 2. The van der Waals surface area contributed by atoms with Gasteiger partial charge in [0.1, 0.15) is 0 Å². The van der Waals surface area contributed by atoms with Gasteiger partial charge in [0, 0.05) is 24.6 Å². The summed E-state index contributed by atoms with van der Waals surface area (Å²) in [6, 6.07) is 20.4. The molecule has 2 amide bonds. The van der Waals surface area contributed by atoms with Gasteiger partial charge >= 0.3 is 0 Å². The van der Waals surface area contributed by atoms with E-state index in [1.54, 1.807) is 18.2 Å². The molecule has 0 unspecified atom stereocenters. The largest absolute Gasteiger partial charge is 0.322 e. The summed E-state index contributed by atoms with van der Waals surface area (Å²) in [5, 5.41) is 5.78. The van der Waals surface area contributed by atoms with Gasteiger partial charge in [0.25, 0.3) is 11.8 Å². The van der Waals surface area contributed by atoms with Crippen LogP contribution in [0.1, 0.15) is 20.7 Å². The number of hydrogen-bond donors (Lipinski definition) is 2. The summed E-state index contributed by atoms with van der Waals surface area (Å²) in [5.41, 5.74) is 2.51. The number of anilines is 2. The zero-order valence-corrected chi connectivity index (χ0v) is 16.4. The molecule has 0 atom stereocenters. The van der Waals surface area contributed by atoms with Gasteiger partial charge in [0.2, 0.25) is 0 Å². The Morgan fingerprint density at radius 1 is 0.962 bits per heavy atom. The fraction of sp³-hybridized carbons (Fsp3) is 0. The van der Waals surface area contributed by atoms with E-state index in [2.05, 4.69) is 33.2 Å². The fourth-order valence-corrected chi connectivity index (χ4v) is 4.02. The molecule has 0 radical (unpaired) electrons. The normalized spacial score (nSPS) is 12.4. The Labute approximate surface area is 168 Å². The summed E-state index contributed by atoms with van der Waals surface area (Å²) in [4.78, 5) is 26.8. The fourth-order valence-electron chi connectivity index (χ4n) is 2.65. The third kappa shape index (κ3) is 3.47. The number of hydrogen-bond acceptors (Lipinski definition) is 3. The van der Waals surface area contributed by atoms with Crippen molar-refractivity contribution < 1.29 is 9.59 Å². The highest BCUT2D eigenvalue weighted by Gasteiger charge is 2.20. The van der Waals surface area contributed by atoms with Crippen LogP contribution in [0, 0.1) is 3.57 Å². The summed E-state index contributed by atoms with van der Waals surface area (Å²) in [6.45, 7) is 0. The molecule has 0 saturated heterocycles. The van der Waals surface area contributed by atoms with Gasteiger partial charge in [-0.15, -0.1) is 0 Å². The second-order valence-electron chi connectivity index (χ2n) is 5.72. The van der Waals surface area contributed by atoms with Gasteiger partial charge in [0.15, 0.2) is 0 Å². The first-order chi connectivity index (χ1) is 12.6. The maximum absolute atomic E-state index is 12.5. The number of nitrogens with one attached hydrogen (secondary N) is 2. The third-order valence-electron chi connectivity index (χ3n) is 3.94. The highest BCUT2D eigenvalue weighted by Crippen LogP contribution is 2.39. The Morgan fingerprint density at radius 3 is 2.54 bits per heavy atom. The first kappa shape index (κ1) is 17.1. The average molecular weight is 472 g/mol. The summed E-state index contributed by atoms with van der Waals surface area (Å²) >= 11 is 3.73. The molecular weight excluding hydrogens is 459 g/mol. The Hall–Kier alpha value is -2.32. The summed E-state index contributed by atoms with van der Waals surface area (Å²) < 4.78 is 1.10. The van der Waals surface area contributed by atoms with Crippen LogP contribution in [-0.2, 0) is 0 Å². The van der Waals surface area contributed by atoms with Crippen LogP contribution < -0.4 is 10.6 Å². The third-order valence-corrected chi connectivity index (χ3v) is 5.81. The summed E-state index contributed by atoms with van der Waals surface area (Å²) in [5.74, 6) is -0.378. The van der Waals surface area contributed by atoms with Crippen LogP contribution in [-0.4, -0.2) is 11.8 Å². The van der Waals surface area contributed by atoms with E-state index in [-0.39, 0.29) is 11.8 Å². The van der Waals surface area contributed by atoms with E-state index in [9.17, 15) is 9.59 Å².